The predicted octanol–water partition coefficient (Wildman–Crippen LogP) is 5.28. The van der Waals surface area contributed by atoms with Crippen molar-refractivity contribution in [1.82, 2.24) is 5.09 Å². The van der Waals surface area contributed by atoms with Crippen molar-refractivity contribution in [3.63, 3.8) is 0 Å². The molecule has 2 rings (SSSR count). The fourth-order valence-electron chi connectivity index (χ4n) is 4.36. The molecular weight excluding hydrogens is 265 g/mol. The first kappa shape index (κ1) is 16.6. The average Bonchev–Trinajstić information content (AvgIpc) is 2.39. The zero-order valence-corrected chi connectivity index (χ0v) is 14.8. The van der Waals surface area contributed by atoms with Crippen molar-refractivity contribution in [2.75, 3.05) is 6.66 Å². The zero-order valence-electron chi connectivity index (χ0n) is 13.9. The molecule has 0 aromatic carbocycles. The smallest absolute Gasteiger partial charge is 0.148 e. The third-order valence-electron chi connectivity index (χ3n) is 5.72. The molecule has 2 fully saturated rings. The van der Waals surface area contributed by atoms with E-state index in [-0.39, 0.29) is 0 Å². The van der Waals surface area contributed by atoms with Crippen molar-refractivity contribution in [3.05, 3.63) is 0 Å². The Bertz CT molecular complexity index is 349. The SMILES string of the molecule is CC1CCC(C(C)C)C(NP(C)(=O)C2CCCCC2)C1. The summed E-state index contributed by atoms with van der Waals surface area (Å²) < 4.78 is 13.2. The van der Waals surface area contributed by atoms with Gasteiger partial charge < -0.3 is 4.57 Å². The van der Waals surface area contributed by atoms with Crippen LogP contribution in [0.3, 0.4) is 0 Å². The van der Waals surface area contributed by atoms with Crippen LogP contribution in [0.4, 0.5) is 0 Å². The summed E-state index contributed by atoms with van der Waals surface area (Å²) in [5.41, 5.74) is 0.446. The van der Waals surface area contributed by atoms with Gasteiger partial charge in [0.15, 0.2) is 0 Å². The minimum Gasteiger partial charge on any atom is -0.307 e. The highest BCUT2D eigenvalue weighted by Crippen LogP contribution is 2.51. The van der Waals surface area contributed by atoms with Gasteiger partial charge >= 0.3 is 0 Å². The Morgan fingerprint density at radius 3 is 2.30 bits per heavy atom. The Morgan fingerprint density at radius 2 is 1.70 bits per heavy atom. The molecule has 0 aliphatic heterocycles. The lowest BCUT2D eigenvalue weighted by Gasteiger charge is -2.41. The summed E-state index contributed by atoms with van der Waals surface area (Å²) in [6.45, 7) is 9.04. The summed E-state index contributed by atoms with van der Waals surface area (Å²) in [4.78, 5) is 0. The van der Waals surface area contributed by atoms with Gasteiger partial charge in [-0.25, -0.2) is 0 Å². The Balaban J connectivity index is 2.02. The van der Waals surface area contributed by atoms with Crippen molar-refractivity contribution in [2.24, 2.45) is 17.8 Å². The second-order valence-corrected chi connectivity index (χ2v) is 10.8. The summed E-state index contributed by atoms with van der Waals surface area (Å²) in [5, 5.41) is 3.68. The Labute approximate surface area is 125 Å². The second kappa shape index (κ2) is 6.97. The summed E-state index contributed by atoms with van der Waals surface area (Å²) in [6.07, 6.45) is 10.1. The topological polar surface area (TPSA) is 29.1 Å². The van der Waals surface area contributed by atoms with Gasteiger partial charge in [0.05, 0.1) is 0 Å². The minimum absolute atomic E-state index is 0.446. The molecule has 0 bridgehead atoms. The molecule has 4 unspecified atom stereocenters. The highest BCUT2D eigenvalue weighted by molar-refractivity contribution is 7.61. The van der Waals surface area contributed by atoms with Crippen molar-refractivity contribution in [2.45, 2.75) is 83.8 Å². The molecule has 118 valence electrons. The molecule has 0 spiro atoms. The van der Waals surface area contributed by atoms with Crippen LogP contribution < -0.4 is 5.09 Å². The molecule has 0 amide bonds. The van der Waals surface area contributed by atoms with Gasteiger partial charge in [0, 0.05) is 18.4 Å². The molecule has 0 radical (unpaired) electrons. The van der Waals surface area contributed by atoms with Crippen LogP contribution in [0.1, 0.15) is 72.1 Å². The summed E-state index contributed by atoms with van der Waals surface area (Å²) in [5.74, 6) is 2.20. The van der Waals surface area contributed by atoms with Crippen LogP contribution in [-0.2, 0) is 4.57 Å². The lowest BCUT2D eigenvalue weighted by molar-refractivity contribution is 0.187. The Morgan fingerprint density at radius 1 is 1.05 bits per heavy atom. The maximum Gasteiger partial charge on any atom is 0.148 e. The van der Waals surface area contributed by atoms with Crippen molar-refractivity contribution >= 4 is 7.29 Å². The Kier molecular flexibility index (Phi) is 5.77. The van der Waals surface area contributed by atoms with Crippen LogP contribution >= 0.6 is 7.29 Å². The molecule has 3 heteroatoms. The largest absolute Gasteiger partial charge is 0.307 e. The van der Waals surface area contributed by atoms with Crippen LogP contribution in [0.5, 0.6) is 0 Å². The number of nitrogens with one attached hydrogen (secondary N) is 1. The molecular formula is C17H34NOP. The van der Waals surface area contributed by atoms with E-state index in [9.17, 15) is 4.57 Å². The van der Waals surface area contributed by atoms with E-state index in [2.05, 4.69) is 25.9 Å². The normalized spacial score (nSPS) is 36.0. The summed E-state index contributed by atoms with van der Waals surface area (Å²) in [6, 6.07) is 0.483. The van der Waals surface area contributed by atoms with Crippen molar-refractivity contribution < 1.29 is 4.57 Å². The van der Waals surface area contributed by atoms with Gasteiger partial charge in [-0.15, -0.1) is 0 Å². The van der Waals surface area contributed by atoms with E-state index in [0.29, 0.717) is 23.5 Å². The fourth-order valence-corrected chi connectivity index (χ4v) is 6.88. The lowest BCUT2D eigenvalue weighted by atomic mass is 9.74. The van der Waals surface area contributed by atoms with Crippen LogP contribution in [0, 0.1) is 17.8 Å². The van der Waals surface area contributed by atoms with Gasteiger partial charge in [0.2, 0.25) is 0 Å². The van der Waals surface area contributed by atoms with E-state index in [4.69, 9.17) is 0 Å². The van der Waals surface area contributed by atoms with E-state index in [1.165, 1.54) is 51.4 Å². The number of rotatable bonds is 4. The zero-order chi connectivity index (χ0) is 14.8. The van der Waals surface area contributed by atoms with E-state index < -0.39 is 7.29 Å². The van der Waals surface area contributed by atoms with Crippen LogP contribution in [0.15, 0.2) is 0 Å². The molecule has 0 saturated heterocycles. The van der Waals surface area contributed by atoms with Gasteiger partial charge in [-0.1, -0.05) is 46.5 Å². The van der Waals surface area contributed by atoms with Crippen molar-refractivity contribution in [3.8, 4) is 0 Å². The van der Waals surface area contributed by atoms with E-state index in [0.717, 1.165) is 5.92 Å². The van der Waals surface area contributed by atoms with Gasteiger partial charge in [0.1, 0.15) is 7.29 Å². The summed E-state index contributed by atoms with van der Waals surface area (Å²) >= 11 is 0. The maximum absolute atomic E-state index is 13.2. The molecule has 2 aliphatic rings. The highest BCUT2D eigenvalue weighted by atomic mass is 31.2. The first-order valence-corrected chi connectivity index (χ1v) is 11.0. The van der Waals surface area contributed by atoms with Gasteiger partial charge in [-0.05, 0) is 43.4 Å². The molecule has 0 aromatic rings. The predicted molar refractivity (Wildman–Crippen MR) is 88.7 cm³/mol. The molecule has 0 heterocycles. The average molecular weight is 299 g/mol. The number of hydrogen-bond donors (Lipinski definition) is 1. The second-order valence-electron chi connectivity index (χ2n) is 7.84. The van der Waals surface area contributed by atoms with Crippen LogP contribution in [-0.4, -0.2) is 18.4 Å². The van der Waals surface area contributed by atoms with Crippen molar-refractivity contribution in [1.29, 1.82) is 0 Å². The molecule has 2 nitrogen and oxygen atoms in total. The molecule has 1 N–H and O–H groups in total. The first-order valence-electron chi connectivity index (χ1n) is 8.75. The Hall–Kier alpha value is 0.190. The van der Waals surface area contributed by atoms with Crippen LogP contribution in [0.2, 0.25) is 0 Å². The van der Waals surface area contributed by atoms with E-state index >= 15 is 0 Å². The van der Waals surface area contributed by atoms with E-state index in [1.54, 1.807) is 0 Å². The molecule has 2 aliphatic carbocycles. The maximum atomic E-state index is 13.2. The van der Waals surface area contributed by atoms with Crippen LogP contribution in [0.25, 0.3) is 0 Å². The third kappa shape index (κ3) is 4.10. The van der Waals surface area contributed by atoms with Gasteiger partial charge in [-0.2, -0.15) is 0 Å². The monoisotopic (exact) mass is 299 g/mol. The quantitative estimate of drug-likeness (QED) is 0.716. The molecule has 20 heavy (non-hydrogen) atoms. The standard InChI is InChI=1S/C17H34NOP/c1-13(2)16-11-10-14(3)12-17(16)18-20(4,19)15-8-6-5-7-9-15/h13-17H,5-12H2,1-4H3,(H,18,19). The van der Waals surface area contributed by atoms with Gasteiger partial charge in [-0.3, -0.25) is 5.09 Å². The highest BCUT2D eigenvalue weighted by Gasteiger charge is 2.37. The van der Waals surface area contributed by atoms with Gasteiger partial charge in [0.25, 0.3) is 0 Å². The fraction of sp³-hybridized carbons (Fsp3) is 1.00. The molecule has 4 atom stereocenters. The third-order valence-corrected chi connectivity index (χ3v) is 8.47. The first-order chi connectivity index (χ1) is 9.40. The lowest BCUT2D eigenvalue weighted by Crippen LogP contribution is -2.42. The molecule has 2 saturated carbocycles. The minimum atomic E-state index is -2.19. The summed E-state index contributed by atoms with van der Waals surface area (Å²) in [7, 11) is -2.19. The number of hydrogen-bond acceptors (Lipinski definition) is 1. The molecule has 0 aromatic heterocycles. The van der Waals surface area contributed by atoms with E-state index in [1.807, 2.05) is 6.66 Å².